The number of nitrogens with one attached hydrogen (secondary N) is 1. The lowest BCUT2D eigenvalue weighted by Crippen LogP contribution is -2.10. The van der Waals surface area contributed by atoms with Crippen LogP contribution in [0.2, 0.25) is 0 Å². The third kappa shape index (κ3) is 4.10. The van der Waals surface area contributed by atoms with Crippen molar-refractivity contribution in [3.05, 3.63) is 46.1 Å². The Hall–Kier alpha value is -1.82. The Balaban J connectivity index is 2.09. The van der Waals surface area contributed by atoms with Crippen LogP contribution in [0.25, 0.3) is 0 Å². The number of pyridine rings is 1. The molecule has 0 aliphatic heterocycles. The topological polar surface area (TPSA) is 84.7 Å². The zero-order chi connectivity index (χ0) is 13.7. The number of thioether (sulfide) groups is 1. The minimum Gasteiger partial charge on any atom is -0.399 e. The van der Waals surface area contributed by atoms with Gasteiger partial charge in [0.05, 0.1) is 5.69 Å². The SMILES string of the molecule is CCCc1cc(=O)[nH]c(SCc2cc(N)ccn2)n1. The molecule has 0 amide bonds. The van der Waals surface area contributed by atoms with Crippen LogP contribution < -0.4 is 11.3 Å². The van der Waals surface area contributed by atoms with Crippen LogP contribution in [-0.2, 0) is 12.2 Å². The van der Waals surface area contributed by atoms with E-state index in [1.165, 1.54) is 11.8 Å². The molecule has 0 saturated heterocycles. The molecule has 2 rings (SSSR count). The van der Waals surface area contributed by atoms with Crippen molar-refractivity contribution in [1.29, 1.82) is 0 Å². The van der Waals surface area contributed by atoms with Crippen LogP contribution in [0.4, 0.5) is 5.69 Å². The number of rotatable bonds is 5. The van der Waals surface area contributed by atoms with Crippen molar-refractivity contribution in [2.75, 3.05) is 5.73 Å². The standard InChI is InChI=1S/C13H16N4OS/c1-2-3-10-7-12(18)17-13(16-10)19-8-11-6-9(14)4-5-15-11/h4-7H,2-3,8H2,1H3,(H2,14,15)(H,16,17,18). The molecule has 0 unspecified atom stereocenters. The van der Waals surface area contributed by atoms with E-state index >= 15 is 0 Å². The number of nitrogen functional groups attached to an aromatic ring is 1. The second-order valence-corrected chi connectivity index (χ2v) is 5.13. The van der Waals surface area contributed by atoms with Crippen molar-refractivity contribution in [2.24, 2.45) is 0 Å². The van der Waals surface area contributed by atoms with Gasteiger partial charge in [0.2, 0.25) is 0 Å². The fourth-order valence-corrected chi connectivity index (χ4v) is 2.45. The molecule has 0 fully saturated rings. The fourth-order valence-electron chi connectivity index (χ4n) is 1.65. The number of nitrogens with two attached hydrogens (primary N) is 1. The molecule has 0 spiro atoms. The van der Waals surface area contributed by atoms with E-state index in [0.717, 1.165) is 24.2 Å². The molecule has 2 aromatic rings. The zero-order valence-electron chi connectivity index (χ0n) is 10.7. The summed E-state index contributed by atoms with van der Waals surface area (Å²) in [6.45, 7) is 2.06. The maximum atomic E-state index is 11.5. The van der Waals surface area contributed by atoms with E-state index in [4.69, 9.17) is 5.73 Å². The van der Waals surface area contributed by atoms with Crippen molar-refractivity contribution in [2.45, 2.75) is 30.7 Å². The van der Waals surface area contributed by atoms with Crippen molar-refractivity contribution < 1.29 is 0 Å². The van der Waals surface area contributed by atoms with Gasteiger partial charge in [-0.3, -0.25) is 9.78 Å². The number of aromatic nitrogens is 3. The predicted octanol–water partition coefficient (Wildman–Crippen LogP) is 1.99. The molecule has 100 valence electrons. The van der Waals surface area contributed by atoms with Gasteiger partial charge in [-0.1, -0.05) is 25.1 Å². The first-order chi connectivity index (χ1) is 9.17. The Morgan fingerprint density at radius 3 is 2.95 bits per heavy atom. The highest BCUT2D eigenvalue weighted by molar-refractivity contribution is 7.98. The van der Waals surface area contributed by atoms with Crippen molar-refractivity contribution in [1.82, 2.24) is 15.0 Å². The number of aryl methyl sites for hydroxylation is 1. The van der Waals surface area contributed by atoms with E-state index < -0.39 is 0 Å². The van der Waals surface area contributed by atoms with Gasteiger partial charge in [0, 0.05) is 29.4 Å². The van der Waals surface area contributed by atoms with Gasteiger partial charge in [-0.05, 0) is 18.6 Å². The van der Waals surface area contributed by atoms with Crippen LogP contribution in [0.15, 0.2) is 34.3 Å². The van der Waals surface area contributed by atoms with Crippen LogP contribution >= 0.6 is 11.8 Å². The summed E-state index contributed by atoms with van der Waals surface area (Å²) in [5.41, 5.74) is 7.97. The van der Waals surface area contributed by atoms with E-state index in [2.05, 4.69) is 21.9 Å². The molecule has 5 nitrogen and oxygen atoms in total. The molecule has 6 heteroatoms. The molecule has 0 aliphatic carbocycles. The molecule has 3 N–H and O–H groups in total. The largest absolute Gasteiger partial charge is 0.399 e. The highest BCUT2D eigenvalue weighted by Crippen LogP contribution is 2.18. The summed E-state index contributed by atoms with van der Waals surface area (Å²) in [4.78, 5) is 22.9. The van der Waals surface area contributed by atoms with Gasteiger partial charge in [-0.25, -0.2) is 4.98 Å². The summed E-state index contributed by atoms with van der Waals surface area (Å²) >= 11 is 1.45. The Morgan fingerprint density at radius 2 is 2.21 bits per heavy atom. The molecule has 19 heavy (non-hydrogen) atoms. The third-order valence-corrected chi connectivity index (χ3v) is 3.38. The lowest BCUT2D eigenvalue weighted by atomic mass is 10.2. The molecular weight excluding hydrogens is 260 g/mol. The lowest BCUT2D eigenvalue weighted by Gasteiger charge is -2.03. The smallest absolute Gasteiger partial charge is 0.251 e. The van der Waals surface area contributed by atoms with E-state index in [-0.39, 0.29) is 5.56 Å². The van der Waals surface area contributed by atoms with Gasteiger partial charge in [0.1, 0.15) is 0 Å². The fraction of sp³-hybridized carbons (Fsp3) is 0.308. The Kier molecular flexibility index (Phi) is 4.57. The lowest BCUT2D eigenvalue weighted by molar-refractivity contribution is 0.815. The van der Waals surface area contributed by atoms with Crippen LogP contribution in [0, 0.1) is 0 Å². The quantitative estimate of drug-likeness (QED) is 0.644. The van der Waals surface area contributed by atoms with Crippen LogP contribution in [0.1, 0.15) is 24.7 Å². The molecule has 0 bridgehead atoms. The average molecular weight is 276 g/mol. The number of anilines is 1. The van der Waals surface area contributed by atoms with Gasteiger partial charge in [-0.15, -0.1) is 0 Å². The highest BCUT2D eigenvalue weighted by atomic mass is 32.2. The second kappa shape index (κ2) is 6.38. The minimum absolute atomic E-state index is 0.110. The zero-order valence-corrected chi connectivity index (χ0v) is 11.5. The number of nitrogens with zero attached hydrogens (tertiary/aromatic N) is 2. The molecule has 0 atom stereocenters. The summed E-state index contributed by atoms with van der Waals surface area (Å²) in [6.07, 6.45) is 3.46. The minimum atomic E-state index is -0.110. The highest BCUT2D eigenvalue weighted by Gasteiger charge is 2.03. The van der Waals surface area contributed by atoms with Gasteiger partial charge in [0.15, 0.2) is 5.16 Å². The van der Waals surface area contributed by atoms with E-state index in [1.54, 1.807) is 18.3 Å². The summed E-state index contributed by atoms with van der Waals surface area (Å²) in [5.74, 6) is 0.629. The number of H-pyrrole nitrogens is 1. The molecule has 2 aromatic heterocycles. The summed E-state index contributed by atoms with van der Waals surface area (Å²) < 4.78 is 0. The first-order valence-electron chi connectivity index (χ1n) is 6.11. The van der Waals surface area contributed by atoms with E-state index in [9.17, 15) is 4.79 Å². The molecular formula is C13H16N4OS. The molecule has 0 aliphatic rings. The second-order valence-electron chi connectivity index (χ2n) is 4.16. The maximum absolute atomic E-state index is 11.5. The van der Waals surface area contributed by atoms with Crippen LogP contribution in [0.3, 0.4) is 0 Å². The summed E-state index contributed by atoms with van der Waals surface area (Å²) in [6, 6.07) is 5.11. The molecule has 0 radical (unpaired) electrons. The van der Waals surface area contributed by atoms with Crippen LogP contribution in [-0.4, -0.2) is 15.0 Å². The van der Waals surface area contributed by atoms with Crippen molar-refractivity contribution in [3.63, 3.8) is 0 Å². The molecule has 0 aromatic carbocycles. The van der Waals surface area contributed by atoms with E-state index in [1.807, 2.05) is 6.07 Å². The molecule has 2 heterocycles. The summed E-state index contributed by atoms with van der Waals surface area (Å²) in [5, 5.41) is 0.625. The van der Waals surface area contributed by atoms with Crippen molar-refractivity contribution >= 4 is 17.4 Å². The number of hydrogen-bond donors (Lipinski definition) is 2. The normalized spacial score (nSPS) is 10.6. The van der Waals surface area contributed by atoms with Gasteiger partial charge >= 0.3 is 0 Å². The van der Waals surface area contributed by atoms with Crippen LogP contribution in [0.5, 0.6) is 0 Å². The van der Waals surface area contributed by atoms with E-state index in [0.29, 0.717) is 16.6 Å². The average Bonchev–Trinajstić information content (AvgIpc) is 2.36. The number of aromatic amines is 1. The Labute approximate surface area is 115 Å². The van der Waals surface area contributed by atoms with Gasteiger partial charge in [0.25, 0.3) is 5.56 Å². The Morgan fingerprint density at radius 1 is 1.37 bits per heavy atom. The first kappa shape index (κ1) is 13.6. The number of hydrogen-bond acceptors (Lipinski definition) is 5. The first-order valence-corrected chi connectivity index (χ1v) is 7.09. The monoisotopic (exact) mass is 276 g/mol. The maximum Gasteiger partial charge on any atom is 0.251 e. The van der Waals surface area contributed by atoms with Gasteiger partial charge in [-0.2, -0.15) is 0 Å². The van der Waals surface area contributed by atoms with Gasteiger partial charge < -0.3 is 10.7 Å². The third-order valence-electron chi connectivity index (χ3n) is 2.48. The molecule has 0 saturated carbocycles. The summed E-state index contributed by atoms with van der Waals surface area (Å²) in [7, 11) is 0. The predicted molar refractivity (Wildman–Crippen MR) is 77.1 cm³/mol. The van der Waals surface area contributed by atoms with Crippen molar-refractivity contribution in [3.8, 4) is 0 Å². The Bertz CT molecular complexity index is 612.